The predicted octanol–water partition coefficient (Wildman–Crippen LogP) is 3.56. The summed E-state index contributed by atoms with van der Waals surface area (Å²) in [5.74, 6) is 0.787. The average molecular weight is 289 g/mol. The van der Waals surface area contributed by atoms with E-state index < -0.39 is 0 Å². The van der Waals surface area contributed by atoms with Gasteiger partial charge in [0.05, 0.1) is 0 Å². The van der Waals surface area contributed by atoms with Crippen molar-refractivity contribution in [2.24, 2.45) is 5.92 Å². The summed E-state index contributed by atoms with van der Waals surface area (Å²) in [6.45, 7) is 6.43. The second kappa shape index (κ2) is 8.01. The summed E-state index contributed by atoms with van der Waals surface area (Å²) in [6.07, 6.45) is 8.46. The Morgan fingerprint density at radius 1 is 1.29 bits per heavy atom. The molecule has 4 nitrogen and oxygen atoms in total. The minimum Gasteiger partial charge on any atom is -0.385 e. The standard InChI is InChI=1S/C17H27N3O/c1-3-20(4-2)17(21)16-12-15(10-11-18-16)19-13-14-8-6-5-7-9-14/h10-12,14H,3-9,13H2,1-2H3,(H,18,19). The van der Waals surface area contributed by atoms with Gasteiger partial charge in [0.25, 0.3) is 5.91 Å². The lowest BCUT2D eigenvalue weighted by molar-refractivity contribution is 0.0767. The summed E-state index contributed by atoms with van der Waals surface area (Å²) in [6, 6.07) is 3.82. The average Bonchev–Trinajstić information content (AvgIpc) is 2.55. The van der Waals surface area contributed by atoms with E-state index in [1.807, 2.05) is 26.0 Å². The van der Waals surface area contributed by atoms with E-state index >= 15 is 0 Å². The smallest absolute Gasteiger partial charge is 0.272 e. The van der Waals surface area contributed by atoms with E-state index in [1.165, 1.54) is 32.1 Å². The fourth-order valence-electron chi connectivity index (χ4n) is 2.98. The summed E-state index contributed by atoms with van der Waals surface area (Å²) < 4.78 is 0. The molecule has 0 spiro atoms. The van der Waals surface area contributed by atoms with Crippen LogP contribution < -0.4 is 5.32 Å². The molecule has 0 bridgehead atoms. The lowest BCUT2D eigenvalue weighted by Gasteiger charge is -2.22. The largest absolute Gasteiger partial charge is 0.385 e. The molecule has 0 saturated heterocycles. The monoisotopic (exact) mass is 289 g/mol. The van der Waals surface area contributed by atoms with Crippen molar-refractivity contribution in [2.45, 2.75) is 46.0 Å². The molecule has 21 heavy (non-hydrogen) atoms. The lowest BCUT2D eigenvalue weighted by atomic mass is 9.89. The number of carbonyl (C=O) groups is 1. The minimum atomic E-state index is 0.0151. The third-order valence-electron chi connectivity index (χ3n) is 4.35. The molecular formula is C17H27N3O. The van der Waals surface area contributed by atoms with Crippen LogP contribution >= 0.6 is 0 Å². The SMILES string of the molecule is CCN(CC)C(=O)c1cc(NCC2CCCCC2)ccn1. The van der Waals surface area contributed by atoms with Crippen molar-refractivity contribution in [3.05, 3.63) is 24.0 Å². The Kier molecular flexibility index (Phi) is 6.03. The van der Waals surface area contributed by atoms with E-state index in [0.29, 0.717) is 5.69 Å². The third kappa shape index (κ3) is 4.45. The van der Waals surface area contributed by atoms with Crippen LogP contribution in [0.25, 0.3) is 0 Å². The molecule has 1 aliphatic rings. The van der Waals surface area contributed by atoms with Crippen LogP contribution in [0.1, 0.15) is 56.4 Å². The zero-order valence-corrected chi connectivity index (χ0v) is 13.3. The van der Waals surface area contributed by atoms with Crippen LogP contribution in [-0.4, -0.2) is 35.4 Å². The van der Waals surface area contributed by atoms with Crippen LogP contribution in [0.4, 0.5) is 5.69 Å². The highest BCUT2D eigenvalue weighted by atomic mass is 16.2. The lowest BCUT2D eigenvalue weighted by Crippen LogP contribution is -2.31. The fraction of sp³-hybridized carbons (Fsp3) is 0.647. The molecule has 2 rings (SSSR count). The van der Waals surface area contributed by atoms with Crippen LogP contribution in [0.3, 0.4) is 0 Å². The first-order valence-electron chi connectivity index (χ1n) is 8.23. The zero-order chi connectivity index (χ0) is 15.1. The van der Waals surface area contributed by atoms with Crippen molar-refractivity contribution in [3.8, 4) is 0 Å². The molecule has 1 aromatic heterocycles. The van der Waals surface area contributed by atoms with E-state index in [2.05, 4.69) is 10.3 Å². The molecule has 1 fully saturated rings. The van der Waals surface area contributed by atoms with E-state index in [-0.39, 0.29) is 5.91 Å². The minimum absolute atomic E-state index is 0.0151. The third-order valence-corrected chi connectivity index (χ3v) is 4.35. The van der Waals surface area contributed by atoms with Gasteiger partial charge in [0.2, 0.25) is 0 Å². The van der Waals surface area contributed by atoms with Gasteiger partial charge in [-0.05, 0) is 44.7 Å². The van der Waals surface area contributed by atoms with E-state index in [1.54, 1.807) is 11.1 Å². The fourth-order valence-corrected chi connectivity index (χ4v) is 2.98. The van der Waals surface area contributed by atoms with Gasteiger partial charge < -0.3 is 10.2 Å². The molecular weight excluding hydrogens is 262 g/mol. The van der Waals surface area contributed by atoms with Gasteiger partial charge in [-0.3, -0.25) is 9.78 Å². The topological polar surface area (TPSA) is 45.2 Å². The number of pyridine rings is 1. The second-order valence-electron chi connectivity index (χ2n) is 5.79. The van der Waals surface area contributed by atoms with Gasteiger partial charge in [0, 0.05) is 31.5 Å². The van der Waals surface area contributed by atoms with E-state index in [4.69, 9.17) is 0 Å². The molecule has 0 unspecified atom stereocenters. The Bertz CT molecular complexity index is 451. The number of nitrogens with one attached hydrogen (secondary N) is 1. The molecule has 1 heterocycles. The van der Waals surface area contributed by atoms with Crippen molar-refractivity contribution in [1.82, 2.24) is 9.88 Å². The number of hydrogen-bond acceptors (Lipinski definition) is 3. The highest BCUT2D eigenvalue weighted by Gasteiger charge is 2.15. The number of aromatic nitrogens is 1. The van der Waals surface area contributed by atoms with Gasteiger partial charge in [0.15, 0.2) is 0 Å². The van der Waals surface area contributed by atoms with Crippen molar-refractivity contribution in [3.63, 3.8) is 0 Å². The molecule has 4 heteroatoms. The van der Waals surface area contributed by atoms with Crippen molar-refractivity contribution in [2.75, 3.05) is 25.0 Å². The second-order valence-corrected chi connectivity index (χ2v) is 5.79. The van der Waals surface area contributed by atoms with Crippen molar-refractivity contribution in [1.29, 1.82) is 0 Å². The molecule has 0 radical (unpaired) electrons. The maximum absolute atomic E-state index is 12.3. The summed E-state index contributed by atoms with van der Waals surface area (Å²) in [4.78, 5) is 18.3. The maximum Gasteiger partial charge on any atom is 0.272 e. The van der Waals surface area contributed by atoms with Gasteiger partial charge in [-0.25, -0.2) is 0 Å². The summed E-state index contributed by atoms with van der Waals surface area (Å²) >= 11 is 0. The normalized spacial score (nSPS) is 15.7. The Labute approximate surface area is 127 Å². The summed E-state index contributed by atoms with van der Waals surface area (Å²) in [5.41, 5.74) is 1.54. The highest BCUT2D eigenvalue weighted by Crippen LogP contribution is 2.24. The number of rotatable bonds is 6. The number of hydrogen-bond donors (Lipinski definition) is 1. The van der Waals surface area contributed by atoms with Crippen LogP contribution in [-0.2, 0) is 0 Å². The van der Waals surface area contributed by atoms with E-state index in [9.17, 15) is 4.79 Å². The molecule has 1 saturated carbocycles. The molecule has 0 aliphatic heterocycles. The Morgan fingerprint density at radius 3 is 2.67 bits per heavy atom. The first kappa shape index (κ1) is 15.8. The van der Waals surface area contributed by atoms with Gasteiger partial charge in [-0.1, -0.05) is 19.3 Å². The Hall–Kier alpha value is -1.58. The van der Waals surface area contributed by atoms with Crippen LogP contribution in [0.15, 0.2) is 18.3 Å². The van der Waals surface area contributed by atoms with Crippen molar-refractivity contribution >= 4 is 11.6 Å². The molecule has 1 aromatic rings. The van der Waals surface area contributed by atoms with Crippen LogP contribution in [0.2, 0.25) is 0 Å². The molecule has 1 amide bonds. The van der Waals surface area contributed by atoms with Crippen molar-refractivity contribution < 1.29 is 4.79 Å². The first-order chi connectivity index (χ1) is 10.2. The molecule has 116 valence electrons. The van der Waals surface area contributed by atoms with E-state index in [0.717, 1.165) is 31.2 Å². The molecule has 0 atom stereocenters. The Morgan fingerprint density at radius 2 is 2.00 bits per heavy atom. The maximum atomic E-state index is 12.3. The summed E-state index contributed by atoms with van der Waals surface area (Å²) in [5, 5.41) is 3.47. The Balaban J connectivity index is 1.95. The number of nitrogens with zero attached hydrogens (tertiary/aromatic N) is 2. The highest BCUT2D eigenvalue weighted by molar-refractivity contribution is 5.93. The van der Waals surface area contributed by atoms with Crippen LogP contribution in [0.5, 0.6) is 0 Å². The zero-order valence-electron chi connectivity index (χ0n) is 13.3. The molecule has 0 aromatic carbocycles. The van der Waals surface area contributed by atoms with Gasteiger partial charge in [-0.2, -0.15) is 0 Å². The van der Waals surface area contributed by atoms with Gasteiger partial charge in [0.1, 0.15) is 5.69 Å². The first-order valence-corrected chi connectivity index (χ1v) is 8.23. The molecule has 1 aliphatic carbocycles. The number of carbonyl (C=O) groups excluding carboxylic acids is 1. The summed E-state index contributed by atoms with van der Waals surface area (Å²) in [7, 11) is 0. The quantitative estimate of drug-likeness (QED) is 0.871. The number of anilines is 1. The van der Waals surface area contributed by atoms with Crippen LogP contribution in [0, 0.1) is 5.92 Å². The van der Waals surface area contributed by atoms with Gasteiger partial charge in [-0.15, -0.1) is 0 Å². The predicted molar refractivity (Wildman–Crippen MR) is 86.6 cm³/mol. The van der Waals surface area contributed by atoms with Gasteiger partial charge >= 0.3 is 0 Å². The number of amides is 1. The molecule has 1 N–H and O–H groups in total.